The average Bonchev–Trinajstić information content (AvgIpc) is 3.29. The minimum Gasteiger partial charge on any atom is -0.495 e. The first kappa shape index (κ1) is 21.6. The number of fused-ring (bicyclic) bond motifs is 1. The van der Waals surface area contributed by atoms with Crippen molar-refractivity contribution in [2.24, 2.45) is 4.99 Å². The van der Waals surface area contributed by atoms with Gasteiger partial charge in [-0.25, -0.2) is 4.99 Å². The summed E-state index contributed by atoms with van der Waals surface area (Å²) in [5, 5.41) is 9.70. The first-order chi connectivity index (χ1) is 15.1. The summed E-state index contributed by atoms with van der Waals surface area (Å²) in [7, 11) is 3.13. The molecule has 3 aromatic rings. The molecule has 0 amide bonds. The van der Waals surface area contributed by atoms with Gasteiger partial charge in [0.05, 0.1) is 30.5 Å². The van der Waals surface area contributed by atoms with Crippen molar-refractivity contribution < 1.29 is 9.47 Å². The van der Waals surface area contributed by atoms with Crippen LogP contribution < -0.4 is 25.0 Å². The number of aliphatic imine (C=N–C) groups is 1. The summed E-state index contributed by atoms with van der Waals surface area (Å²) < 4.78 is 10.8. The zero-order valence-corrected chi connectivity index (χ0v) is 19.4. The first-order valence-electron chi connectivity index (χ1n) is 9.66. The summed E-state index contributed by atoms with van der Waals surface area (Å²) in [6.45, 7) is 1.88. The van der Waals surface area contributed by atoms with E-state index in [1.165, 1.54) is 0 Å². The highest BCUT2D eigenvalue weighted by molar-refractivity contribution is 7.12. The highest BCUT2D eigenvalue weighted by atomic mass is 35.5. The Morgan fingerprint density at radius 3 is 2.35 bits per heavy atom. The Morgan fingerprint density at radius 2 is 1.68 bits per heavy atom. The molecule has 2 aromatic carbocycles. The van der Waals surface area contributed by atoms with E-state index in [2.05, 4.69) is 10.6 Å². The molecule has 2 N–H and O–H groups in total. The number of methoxy groups -OCH3 is 2. The number of halogens is 2. The van der Waals surface area contributed by atoms with Gasteiger partial charge in [-0.05, 0) is 23.6 Å². The maximum absolute atomic E-state index is 6.63. The summed E-state index contributed by atoms with van der Waals surface area (Å²) in [6.07, 6.45) is 0. The second-order valence-corrected chi connectivity index (χ2v) is 8.36. The van der Waals surface area contributed by atoms with Crippen molar-refractivity contribution in [2.75, 3.05) is 44.2 Å². The van der Waals surface area contributed by atoms with E-state index in [-0.39, 0.29) is 0 Å². The van der Waals surface area contributed by atoms with Gasteiger partial charge in [0.25, 0.3) is 0 Å². The van der Waals surface area contributed by atoms with Gasteiger partial charge in [0.15, 0.2) is 0 Å². The van der Waals surface area contributed by atoms with Crippen LogP contribution in [-0.2, 0) is 0 Å². The minimum absolute atomic E-state index is 0.369. The van der Waals surface area contributed by atoms with Gasteiger partial charge in [-0.2, -0.15) is 0 Å². The largest absolute Gasteiger partial charge is 0.495 e. The Labute approximate surface area is 195 Å². The summed E-state index contributed by atoms with van der Waals surface area (Å²) >= 11 is 14.9. The van der Waals surface area contributed by atoms with E-state index in [0.717, 1.165) is 35.2 Å². The fourth-order valence-electron chi connectivity index (χ4n) is 3.36. The minimum atomic E-state index is 0.369. The fourth-order valence-corrected chi connectivity index (χ4v) is 4.95. The Hall–Kier alpha value is -2.61. The van der Waals surface area contributed by atoms with Crippen LogP contribution in [0.15, 0.2) is 52.8 Å². The van der Waals surface area contributed by atoms with Crippen molar-refractivity contribution in [3.05, 3.63) is 62.8 Å². The Bertz CT molecular complexity index is 1060. The molecule has 1 aromatic heterocycles. The van der Waals surface area contributed by atoms with Crippen LogP contribution in [0.25, 0.3) is 0 Å². The summed E-state index contributed by atoms with van der Waals surface area (Å²) in [5.41, 5.74) is 2.69. The molecule has 1 aliphatic rings. The number of hydrogen-bond donors (Lipinski definition) is 2. The SMILES string of the molecule is COc1cc(OC)c(Cl)c(N2CN=C(NCCNc3ccccc3)c3sccc32)c1Cl. The van der Waals surface area contributed by atoms with Crippen LogP contribution in [0.4, 0.5) is 17.1 Å². The van der Waals surface area contributed by atoms with E-state index in [4.69, 9.17) is 37.7 Å². The molecule has 0 fully saturated rings. The van der Waals surface area contributed by atoms with Crippen LogP contribution in [0.2, 0.25) is 10.0 Å². The fraction of sp³-hybridized carbons (Fsp3) is 0.227. The molecule has 6 nitrogen and oxygen atoms in total. The predicted octanol–water partition coefficient (Wildman–Crippen LogP) is 5.63. The van der Waals surface area contributed by atoms with E-state index in [1.54, 1.807) is 31.6 Å². The van der Waals surface area contributed by atoms with Gasteiger partial charge in [0, 0.05) is 24.8 Å². The van der Waals surface area contributed by atoms with Crippen molar-refractivity contribution in [3.8, 4) is 11.5 Å². The highest BCUT2D eigenvalue weighted by Gasteiger charge is 2.28. The number of ether oxygens (including phenoxy) is 2. The van der Waals surface area contributed by atoms with Gasteiger partial charge < -0.3 is 25.0 Å². The number of amidine groups is 1. The smallest absolute Gasteiger partial charge is 0.143 e. The third-order valence-corrected chi connectivity index (χ3v) is 6.50. The molecule has 1 aliphatic heterocycles. The number of nitrogens with zero attached hydrogens (tertiary/aromatic N) is 2. The topological polar surface area (TPSA) is 58.1 Å². The van der Waals surface area contributed by atoms with E-state index in [1.807, 2.05) is 46.7 Å². The number of anilines is 3. The Kier molecular flexibility index (Phi) is 6.75. The molecular formula is C22H22Cl2N4O2S. The molecule has 0 aliphatic carbocycles. The molecule has 9 heteroatoms. The van der Waals surface area contributed by atoms with Crippen molar-refractivity contribution >= 4 is 57.4 Å². The zero-order chi connectivity index (χ0) is 21.8. The van der Waals surface area contributed by atoms with Gasteiger partial charge in [-0.15, -0.1) is 11.3 Å². The maximum Gasteiger partial charge on any atom is 0.143 e. The van der Waals surface area contributed by atoms with Gasteiger partial charge in [0.2, 0.25) is 0 Å². The second-order valence-electron chi connectivity index (χ2n) is 6.69. The van der Waals surface area contributed by atoms with Crippen molar-refractivity contribution in [1.82, 2.24) is 5.32 Å². The molecule has 162 valence electrons. The van der Waals surface area contributed by atoms with Crippen LogP contribution in [-0.4, -0.2) is 39.8 Å². The lowest BCUT2D eigenvalue weighted by Gasteiger charge is -2.30. The normalized spacial score (nSPS) is 12.8. The van der Waals surface area contributed by atoms with E-state index >= 15 is 0 Å². The number of benzene rings is 2. The third kappa shape index (κ3) is 4.39. The van der Waals surface area contributed by atoms with Crippen LogP contribution in [0, 0.1) is 0 Å². The van der Waals surface area contributed by atoms with E-state index in [9.17, 15) is 0 Å². The molecule has 2 heterocycles. The van der Waals surface area contributed by atoms with Crippen molar-refractivity contribution in [3.63, 3.8) is 0 Å². The van der Waals surface area contributed by atoms with Crippen LogP contribution in [0.1, 0.15) is 4.88 Å². The summed E-state index contributed by atoms with van der Waals surface area (Å²) in [4.78, 5) is 7.76. The molecule has 0 atom stereocenters. The molecule has 0 spiro atoms. The lowest BCUT2D eigenvalue weighted by molar-refractivity contribution is 0.395. The molecule has 0 bridgehead atoms. The van der Waals surface area contributed by atoms with Crippen molar-refractivity contribution in [2.45, 2.75) is 0 Å². The van der Waals surface area contributed by atoms with E-state index in [0.29, 0.717) is 33.9 Å². The molecule has 4 rings (SSSR count). The Morgan fingerprint density at radius 1 is 1.00 bits per heavy atom. The van der Waals surface area contributed by atoms with E-state index < -0.39 is 0 Å². The van der Waals surface area contributed by atoms with Crippen LogP contribution in [0.5, 0.6) is 11.5 Å². The van der Waals surface area contributed by atoms with Gasteiger partial charge in [0.1, 0.15) is 34.0 Å². The quantitative estimate of drug-likeness (QED) is 0.432. The number of hydrogen-bond acceptors (Lipinski definition) is 7. The predicted molar refractivity (Wildman–Crippen MR) is 130 cm³/mol. The monoisotopic (exact) mass is 476 g/mol. The summed E-state index contributed by atoms with van der Waals surface area (Å²) in [5.74, 6) is 1.85. The number of thiophene rings is 1. The van der Waals surface area contributed by atoms with Crippen LogP contribution in [0.3, 0.4) is 0 Å². The van der Waals surface area contributed by atoms with Crippen LogP contribution >= 0.6 is 34.5 Å². The lowest BCUT2D eigenvalue weighted by Crippen LogP contribution is -2.34. The molecule has 0 unspecified atom stereocenters. The zero-order valence-electron chi connectivity index (χ0n) is 17.1. The van der Waals surface area contributed by atoms with Gasteiger partial charge >= 0.3 is 0 Å². The lowest BCUT2D eigenvalue weighted by atomic mass is 10.2. The average molecular weight is 477 g/mol. The first-order valence-corrected chi connectivity index (χ1v) is 11.3. The Balaban J connectivity index is 1.54. The second kappa shape index (κ2) is 9.68. The molecule has 0 saturated carbocycles. The number of rotatable bonds is 7. The number of para-hydroxylation sites is 1. The highest BCUT2D eigenvalue weighted by Crippen LogP contribution is 2.49. The molecular weight excluding hydrogens is 455 g/mol. The van der Waals surface area contributed by atoms with Gasteiger partial charge in [-0.3, -0.25) is 0 Å². The third-order valence-electron chi connectivity index (χ3n) is 4.86. The summed E-state index contributed by atoms with van der Waals surface area (Å²) in [6, 6.07) is 13.8. The standard InChI is InChI=1S/C22H22Cl2N4O2S/c1-29-16-12-17(30-2)19(24)20(18(16)23)28-13-27-22(21-15(28)8-11-31-21)26-10-9-25-14-6-4-3-5-7-14/h3-8,11-12,25H,9-10,13H2,1-2H3,(H,26,27). The molecule has 31 heavy (non-hydrogen) atoms. The number of nitrogens with one attached hydrogen (secondary N) is 2. The maximum atomic E-state index is 6.63. The molecule has 0 saturated heterocycles. The molecule has 0 radical (unpaired) electrons. The van der Waals surface area contributed by atoms with Gasteiger partial charge in [-0.1, -0.05) is 41.4 Å². The van der Waals surface area contributed by atoms with Crippen molar-refractivity contribution in [1.29, 1.82) is 0 Å².